The van der Waals surface area contributed by atoms with Crippen LogP contribution in [0, 0.1) is 6.92 Å². The number of unbranched alkanes of at least 4 members (excludes halogenated alkanes) is 6. The lowest BCUT2D eigenvalue weighted by molar-refractivity contribution is 0.304. The Labute approximate surface area is 191 Å². The molecule has 0 amide bonds. The van der Waals surface area contributed by atoms with Gasteiger partial charge in [0.25, 0.3) is 0 Å². The molecule has 0 atom stereocenters. The largest absolute Gasteiger partial charge is 0.494 e. The number of hydrogen-bond acceptors (Lipinski definition) is 1. The topological polar surface area (TPSA) is 9.23 Å². The lowest BCUT2D eigenvalue weighted by Crippen LogP contribution is -1.98. The van der Waals surface area contributed by atoms with Gasteiger partial charge >= 0.3 is 0 Å². The second kappa shape index (κ2) is 13.9. The number of ether oxygens (including phenoxy) is 1. The van der Waals surface area contributed by atoms with Gasteiger partial charge in [0.05, 0.1) is 6.61 Å². The van der Waals surface area contributed by atoms with Gasteiger partial charge in [-0.3, -0.25) is 0 Å². The summed E-state index contributed by atoms with van der Waals surface area (Å²) < 4.78 is 6.07. The SMILES string of the molecule is C=C(CCc1ccc(C)c(-c2cccc(OCCCCCCCCC)c2)c1)/C(C)=C/C. The Morgan fingerprint density at radius 2 is 1.71 bits per heavy atom. The van der Waals surface area contributed by atoms with Crippen molar-refractivity contribution in [1.82, 2.24) is 0 Å². The highest BCUT2D eigenvalue weighted by molar-refractivity contribution is 5.69. The summed E-state index contributed by atoms with van der Waals surface area (Å²) in [6.45, 7) is 13.7. The van der Waals surface area contributed by atoms with Crippen molar-refractivity contribution in [1.29, 1.82) is 0 Å². The first kappa shape index (κ1) is 25.0. The molecule has 168 valence electrons. The van der Waals surface area contributed by atoms with Gasteiger partial charge in [-0.05, 0) is 74.4 Å². The zero-order valence-corrected chi connectivity index (χ0v) is 20.3. The maximum absolute atomic E-state index is 6.07. The van der Waals surface area contributed by atoms with Crippen molar-refractivity contribution >= 4 is 0 Å². The molecule has 0 spiro atoms. The normalized spacial score (nSPS) is 11.5. The molecule has 2 aromatic carbocycles. The zero-order valence-electron chi connectivity index (χ0n) is 20.3. The van der Waals surface area contributed by atoms with Crippen LogP contribution >= 0.6 is 0 Å². The summed E-state index contributed by atoms with van der Waals surface area (Å²) in [5.41, 5.74) is 7.71. The number of aryl methyl sites for hydroxylation is 2. The number of rotatable bonds is 14. The lowest BCUT2D eigenvalue weighted by atomic mass is 9.94. The predicted molar refractivity (Wildman–Crippen MR) is 137 cm³/mol. The van der Waals surface area contributed by atoms with E-state index in [9.17, 15) is 0 Å². The zero-order chi connectivity index (χ0) is 22.5. The van der Waals surface area contributed by atoms with Crippen molar-refractivity contribution in [3.8, 4) is 16.9 Å². The average Bonchev–Trinajstić information content (AvgIpc) is 2.79. The molecule has 0 saturated carbocycles. The molecule has 0 unspecified atom stereocenters. The van der Waals surface area contributed by atoms with E-state index in [-0.39, 0.29) is 0 Å². The van der Waals surface area contributed by atoms with Crippen molar-refractivity contribution in [3.05, 3.63) is 77.4 Å². The van der Waals surface area contributed by atoms with Crippen molar-refractivity contribution in [2.24, 2.45) is 0 Å². The van der Waals surface area contributed by atoms with Crippen molar-refractivity contribution < 1.29 is 4.74 Å². The molecular weight excluding hydrogens is 376 g/mol. The molecule has 0 aliphatic carbocycles. The Bertz CT molecular complexity index is 843. The molecule has 1 nitrogen and oxygen atoms in total. The monoisotopic (exact) mass is 418 g/mol. The Morgan fingerprint density at radius 3 is 2.45 bits per heavy atom. The lowest BCUT2D eigenvalue weighted by Gasteiger charge is -2.12. The molecule has 0 aliphatic rings. The summed E-state index contributed by atoms with van der Waals surface area (Å²) >= 11 is 0. The van der Waals surface area contributed by atoms with Crippen LogP contribution in [0.4, 0.5) is 0 Å². The van der Waals surface area contributed by atoms with Crippen molar-refractivity contribution in [2.45, 2.75) is 85.5 Å². The average molecular weight is 419 g/mol. The first-order chi connectivity index (χ1) is 15.0. The quantitative estimate of drug-likeness (QED) is 0.219. The molecule has 0 saturated heterocycles. The predicted octanol–water partition coefficient (Wildman–Crippen LogP) is 9.25. The highest BCUT2D eigenvalue weighted by Crippen LogP contribution is 2.29. The van der Waals surface area contributed by atoms with Gasteiger partial charge in [0.2, 0.25) is 0 Å². The number of benzene rings is 2. The molecule has 0 heterocycles. The van der Waals surface area contributed by atoms with E-state index in [0.29, 0.717) is 0 Å². The van der Waals surface area contributed by atoms with Crippen molar-refractivity contribution in [2.75, 3.05) is 6.61 Å². The van der Waals surface area contributed by atoms with Gasteiger partial charge < -0.3 is 4.74 Å². The summed E-state index contributed by atoms with van der Waals surface area (Å²) in [6, 6.07) is 15.4. The third kappa shape index (κ3) is 8.77. The van der Waals surface area contributed by atoms with E-state index in [1.54, 1.807) is 0 Å². The fourth-order valence-electron chi connectivity index (χ4n) is 3.83. The van der Waals surface area contributed by atoms with Gasteiger partial charge in [-0.1, -0.05) is 99.6 Å². The second-order valence-corrected chi connectivity index (χ2v) is 8.72. The van der Waals surface area contributed by atoms with E-state index in [4.69, 9.17) is 4.74 Å². The summed E-state index contributed by atoms with van der Waals surface area (Å²) in [7, 11) is 0. The number of allylic oxidation sites excluding steroid dienone is 3. The van der Waals surface area contributed by atoms with Gasteiger partial charge in [-0.25, -0.2) is 0 Å². The minimum atomic E-state index is 0.808. The highest BCUT2D eigenvalue weighted by Gasteiger charge is 2.07. The van der Waals surface area contributed by atoms with E-state index in [1.165, 1.54) is 71.9 Å². The van der Waals surface area contributed by atoms with Crippen LogP contribution in [-0.2, 0) is 6.42 Å². The molecule has 0 aromatic heterocycles. The van der Waals surface area contributed by atoms with Gasteiger partial charge in [0.1, 0.15) is 5.75 Å². The van der Waals surface area contributed by atoms with Gasteiger partial charge in [0.15, 0.2) is 0 Å². The molecule has 0 radical (unpaired) electrons. The Kier molecular flexibility index (Phi) is 11.2. The van der Waals surface area contributed by atoms with Crippen LogP contribution < -0.4 is 4.74 Å². The maximum atomic E-state index is 6.07. The molecule has 2 rings (SSSR count). The van der Waals surface area contributed by atoms with E-state index >= 15 is 0 Å². The molecule has 0 N–H and O–H groups in total. The van der Waals surface area contributed by atoms with Crippen LogP contribution in [0.2, 0.25) is 0 Å². The fourth-order valence-corrected chi connectivity index (χ4v) is 3.83. The van der Waals surface area contributed by atoms with E-state index in [1.807, 2.05) is 0 Å². The Balaban J connectivity index is 1.93. The second-order valence-electron chi connectivity index (χ2n) is 8.72. The molecule has 1 heteroatoms. The smallest absolute Gasteiger partial charge is 0.119 e. The molecule has 2 aromatic rings. The standard InChI is InChI=1S/C30H42O/c1-6-8-9-10-11-12-13-21-31-29-16-14-15-28(23-29)30-22-27(20-18-26(30)5)19-17-25(4)24(3)7-2/h7,14-16,18,20,22-23H,4,6,8-13,17,19,21H2,1-3,5H3/b24-7+. The minimum Gasteiger partial charge on any atom is -0.494 e. The maximum Gasteiger partial charge on any atom is 0.119 e. The van der Waals surface area contributed by atoms with Gasteiger partial charge in [-0.15, -0.1) is 0 Å². The molecular formula is C30H42O. The minimum absolute atomic E-state index is 0.808. The van der Waals surface area contributed by atoms with E-state index in [2.05, 4.69) is 82.8 Å². The Hall–Kier alpha value is -2.28. The van der Waals surface area contributed by atoms with E-state index in [0.717, 1.165) is 31.6 Å². The van der Waals surface area contributed by atoms with Crippen molar-refractivity contribution in [3.63, 3.8) is 0 Å². The molecule has 0 fully saturated rings. The first-order valence-corrected chi connectivity index (χ1v) is 12.2. The Morgan fingerprint density at radius 1 is 0.968 bits per heavy atom. The molecule has 31 heavy (non-hydrogen) atoms. The van der Waals surface area contributed by atoms with Gasteiger partial charge in [0, 0.05) is 0 Å². The van der Waals surface area contributed by atoms with Crippen LogP contribution in [0.1, 0.15) is 83.3 Å². The van der Waals surface area contributed by atoms with Crippen LogP contribution in [0.3, 0.4) is 0 Å². The molecule has 0 aliphatic heterocycles. The first-order valence-electron chi connectivity index (χ1n) is 12.2. The third-order valence-electron chi connectivity index (χ3n) is 6.17. The van der Waals surface area contributed by atoms with E-state index < -0.39 is 0 Å². The third-order valence-corrected chi connectivity index (χ3v) is 6.17. The summed E-state index contributed by atoms with van der Waals surface area (Å²) in [5, 5.41) is 0. The molecule has 0 bridgehead atoms. The van der Waals surface area contributed by atoms with Crippen LogP contribution in [0.5, 0.6) is 5.75 Å². The summed E-state index contributed by atoms with van der Waals surface area (Å²) in [5.74, 6) is 0.977. The summed E-state index contributed by atoms with van der Waals surface area (Å²) in [6.07, 6.45) is 13.3. The van der Waals surface area contributed by atoms with Gasteiger partial charge in [-0.2, -0.15) is 0 Å². The van der Waals surface area contributed by atoms with Crippen LogP contribution in [0.25, 0.3) is 11.1 Å². The van der Waals surface area contributed by atoms with Crippen LogP contribution in [0.15, 0.2) is 66.3 Å². The summed E-state index contributed by atoms with van der Waals surface area (Å²) in [4.78, 5) is 0. The highest BCUT2D eigenvalue weighted by atomic mass is 16.5. The fraction of sp³-hybridized carbons (Fsp3) is 0.467. The number of hydrogen-bond donors (Lipinski definition) is 0. The van der Waals surface area contributed by atoms with Crippen LogP contribution in [-0.4, -0.2) is 6.61 Å².